The molecule has 0 aliphatic heterocycles. The number of thiophene rings is 1. The third kappa shape index (κ3) is 5.55. The second kappa shape index (κ2) is 13.4. The number of rotatable bonds is 4. The van der Waals surface area contributed by atoms with Crippen molar-refractivity contribution in [3.05, 3.63) is 207 Å². The molecule has 0 saturated heterocycles. The number of aromatic nitrogens is 2. The van der Waals surface area contributed by atoms with Crippen LogP contribution in [0.15, 0.2) is 207 Å². The van der Waals surface area contributed by atoms with E-state index in [1.807, 2.05) is 11.3 Å². The predicted octanol–water partition coefficient (Wildman–Crippen LogP) is 16.4. The molecule has 0 spiro atoms. The van der Waals surface area contributed by atoms with Crippen LogP contribution in [-0.2, 0) is 0 Å². The molecule has 0 unspecified atom stereocenters. The van der Waals surface area contributed by atoms with Crippen LogP contribution in [0.3, 0.4) is 0 Å². The van der Waals surface area contributed by atoms with Gasteiger partial charge in [0.05, 0.1) is 11.0 Å². The summed E-state index contributed by atoms with van der Waals surface area (Å²) in [5, 5.41) is 14.8. The Morgan fingerprint density at radius 2 is 0.689 bits per heavy atom. The van der Waals surface area contributed by atoms with Gasteiger partial charge in [0.25, 0.3) is 0 Å². The summed E-state index contributed by atoms with van der Waals surface area (Å²) in [6.45, 7) is 0. The molecule has 0 aliphatic rings. The molecule has 2 heterocycles. The van der Waals surface area contributed by atoms with E-state index in [2.05, 4.69) is 194 Å². The Labute approximate surface area is 355 Å². The molecule has 0 N–H and O–H groups in total. The smallest absolute Gasteiger partial charge is 0.0971 e. The van der Waals surface area contributed by atoms with E-state index in [9.17, 15) is 0 Å². The van der Waals surface area contributed by atoms with Gasteiger partial charge in [0.2, 0.25) is 0 Å². The average Bonchev–Trinajstić information content (AvgIpc) is 3.72. The number of hydrogen-bond donors (Lipinski definition) is 0. The minimum atomic E-state index is 0.944. The summed E-state index contributed by atoms with van der Waals surface area (Å²) >= 11 is 1.89. The maximum Gasteiger partial charge on any atom is 0.0971 e. The van der Waals surface area contributed by atoms with Crippen LogP contribution in [0.5, 0.6) is 0 Å². The van der Waals surface area contributed by atoms with Crippen LogP contribution in [0, 0.1) is 0 Å². The second-order valence-corrected chi connectivity index (χ2v) is 17.2. The van der Waals surface area contributed by atoms with Gasteiger partial charge in [-0.05, 0) is 136 Å². The summed E-state index contributed by atoms with van der Waals surface area (Å²) in [6.07, 6.45) is 3.56. The average molecular weight is 791 g/mol. The maximum absolute atomic E-state index is 4.74. The van der Waals surface area contributed by atoms with Crippen LogP contribution in [0.2, 0.25) is 0 Å². The van der Waals surface area contributed by atoms with Gasteiger partial charge in [0.15, 0.2) is 0 Å². The van der Waals surface area contributed by atoms with Crippen LogP contribution < -0.4 is 0 Å². The van der Waals surface area contributed by atoms with Crippen LogP contribution in [0.4, 0.5) is 0 Å². The first-order chi connectivity index (χ1) is 30.2. The lowest BCUT2D eigenvalue weighted by Crippen LogP contribution is -1.89. The van der Waals surface area contributed by atoms with Gasteiger partial charge >= 0.3 is 0 Å². The standard InChI is InChI=1S/C58H34N2S/c1-2-8-51-49(6-1)54-34-46(24-25-52(54)57-56(51)59-26-27-60-57)44-20-18-40-30-38(16-17-42(40)32-44)36-12-13-37-29-39(15-14-35(37)28-36)41-19-21-45-33-47(23-22-43(45)31-41)48-9-5-10-53-50-7-3-4-11-55(50)61-58(48)53/h1-34H. The van der Waals surface area contributed by atoms with Gasteiger partial charge in [0.1, 0.15) is 0 Å². The Balaban J connectivity index is 0.789. The van der Waals surface area contributed by atoms with E-state index >= 15 is 0 Å². The molecule has 2 nitrogen and oxygen atoms in total. The molecule has 0 atom stereocenters. The zero-order chi connectivity index (χ0) is 40.0. The van der Waals surface area contributed by atoms with Gasteiger partial charge in [-0.2, -0.15) is 0 Å². The summed E-state index contributed by atoms with van der Waals surface area (Å²) < 4.78 is 2.69. The second-order valence-electron chi connectivity index (χ2n) is 16.2. The van der Waals surface area contributed by atoms with Crippen molar-refractivity contribution in [2.24, 2.45) is 0 Å². The molecule has 0 aliphatic carbocycles. The minimum absolute atomic E-state index is 0.944. The Kier molecular flexibility index (Phi) is 7.51. The number of hydrogen-bond acceptors (Lipinski definition) is 3. The lowest BCUT2D eigenvalue weighted by atomic mass is 9.93. The van der Waals surface area contributed by atoms with E-state index in [4.69, 9.17) is 9.97 Å². The third-order valence-electron chi connectivity index (χ3n) is 12.7. The van der Waals surface area contributed by atoms with Crippen molar-refractivity contribution in [2.75, 3.05) is 0 Å². The lowest BCUT2D eigenvalue weighted by Gasteiger charge is -2.12. The predicted molar refractivity (Wildman–Crippen MR) is 262 cm³/mol. The normalized spacial score (nSPS) is 11.9. The van der Waals surface area contributed by atoms with E-state index < -0.39 is 0 Å². The monoisotopic (exact) mass is 790 g/mol. The summed E-state index contributed by atoms with van der Waals surface area (Å²) in [4.78, 5) is 9.43. The van der Waals surface area contributed by atoms with Gasteiger partial charge in [0, 0.05) is 43.3 Å². The molecule has 282 valence electrons. The Morgan fingerprint density at radius 3 is 1.25 bits per heavy atom. The maximum atomic E-state index is 4.74. The molecule has 0 saturated carbocycles. The molecule has 13 rings (SSSR count). The van der Waals surface area contributed by atoms with Gasteiger partial charge in [-0.1, -0.05) is 146 Å². The summed E-state index contributed by atoms with van der Waals surface area (Å²) in [7, 11) is 0. The number of benzene rings is 11. The fraction of sp³-hybridized carbons (Fsp3) is 0. The number of nitrogens with zero attached hydrogens (tertiary/aromatic N) is 2. The van der Waals surface area contributed by atoms with E-state index in [1.165, 1.54) is 108 Å². The first-order valence-electron chi connectivity index (χ1n) is 20.8. The molecule has 0 bridgehead atoms. The Morgan fingerprint density at radius 1 is 0.279 bits per heavy atom. The van der Waals surface area contributed by atoms with Crippen LogP contribution in [0.25, 0.3) is 130 Å². The fourth-order valence-electron chi connectivity index (χ4n) is 9.59. The molecule has 0 amide bonds. The van der Waals surface area contributed by atoms with Crippen molar-refractivity contribution >= 4 is 96.4 Å². The van der Waals surface area contributed by atoms with E-state index in [-0.39, 0.29) is 0 Å². The summed E-state index contributed by atoms with van der Waals surface area (Å²) in [6, 6.07) is 71.8. The zero-order valence-corrected chi connectivity index (χ0v) is 33.7. The van der Waals surface area contributed by atoms with Gasteiger partial charge in [-0.3, -0.25) is 9.97 Å². The highest BCUT2D eigenvalue weighted by Gasteiger charge is 2.14. The number of fused-ring (bicyclic) bond motifs is 12. The Hall–Kier alpha value is -7.72. The molecule has 0 fully saturated rings. The highest BCUT2D eigenvalue weighted by atomic mass is 32.1. The molecule has 2 aromatic heterocycles. The minimum Gasteiger partial charge on any atom is -0.252 e. The van der Waals surface area contributed by atoms with Crippen molar-refractivity contribution in [3.63, 3.8) is 0 Å². The Bertz CT molecular complexity index is 3920. The molecule has 11 aromatic carbocycles. The van der Waals surface area contributed by atoms with E-state index in [1.54, 1.807) is 12.4 Å². The molecule has 3 heteroatoms. The van der Waals surface area contributed by atoms with Crippen LogP contribution in [0.1, 0.15) is 0 Å². The van der Waals surface area contributed by atoms with Crippen molar-refractivity contribution < 1.29 is 0 Å². The molecule has 13 aromatic rings. The fourth-order valence-corrected chi connectivity index (χ4v) is 10.8. The first kappa shape index (κ1) is 34.2. The molecule has 61 heavy (non-hydrogen) atoms. The largest absolute Gasteiger partial charge is 0.252 e. The highest BCUT2D eigenvalue weighted by molar-refractivity contribution is 7.26. The topological polar surface area (TPSA) is 25.8 Å². The molecule has 0 radical (unpaired) electrons. The third-order valence-corrected chi connectivity index (χ3v) is 13.9. The van der Waals surface area contributed by atoms with E-state index in [0.717, 1.165) is 21.8 Å². The van der Waals surface area contributed by atoms with Crippen molar-refractivity contribution in [2.45, 2.75) is 0 Å². The van der Waals surface area contributed by atoms with Crippen LogP contribution in [-0.4, -0.2) is 9.97 Å². The van der Waals surface area contributed by atoms with Gasteiger partial charge in [-0.15, -0.1) is 11.3 Å². The summed E-state index contributed by atoms with van der Waals surface area (Å²) in [5.74, 6) is 0. The van der Waals surface area contributed by atoms with Gasteiger partial charge in [-0.25, -0.2) is 0 Å². The lowest BCUT2D eigenvalue weighted by molar-refractivity contribution is 1.31. The highest BCUT2D eigenvalue weighted by Crippen LogP contribution is 2.41. The molecular weight excluding hydrogens is 757 g/mol. The van der Waals surface area contributed by atoms with Gasteiger partial charge < -0.3 is 0 Å². The van der Waals surface area contributed by atoms with E-state index in [0.29, 0.717) is 0 Å². The quantitative estimate of drug-likeness (QED) is 0.166. The van der Waals surface area contributed by atoms with Crippen molar-refractivity contribution in [1.82, 2.24) is 9.97 Å². The summed E-state index contributed by atoms with van der Waals surface area (Å²) in [5.41, 5.74) is 11.7. The molecular formula is C58H34N2S. The zero-order valence-electron chi connectivity index (χ0n) is 32.9. The SMILES string of the molecule is c1ccc2c(c1)sc1c(-c3ccc4cc(-c5ccc6cc(-c7ccc8cc(-c9ccc%10c(c9)c9ccccc9c9nccnc%109)ccc8c7)ccc6c5)ccc4c3)cccc12. The van der Waals surface area contributed by atoms with Crippen LogP contribution >= 0.6 is 11.3 Å². The van der Waals surface area contributed by atoms with Crippen molar-refractivity contribution in [1.29, 1.82) is 0 Å². The van der Waals surface area contributed by atoms with Crippen molar-refractivity contribution in [3.8, 4) is 44.5 Å². The first-order valence-corrected chi connectivity index (χ1v) is 21.6.